The van der Waals surface area contributed by atoms with Crippen LogP contribution in [0.1, 0.15) is 19.3 Å². The average Bonchev–Trinajstić information content (AvgIpc) is 2.92. The molecule has 7 nitrogen and oxygen atoms in total. The molecule has 118 valence electrons. The first-order valence-electron chi connectivity index (χ1n) is 6.77. The molecule has 21 heavy (non-hydrogen) atoms. The first kappa shape index (κ1) is 16.3. The highest BCUT2D eigenvalue weighted by atomic mass is 32.2. The summed E-state index contributed by atoms with van der Waals surface area (Å²) in [6.45, 7) is 0.911. The van der Waals surface area contributed by atoms with Crippen molar-refractivity contribution >= 4 is 32.4 Å². The maximum absolute atomic E-state index is 12.3. The number of hydrogen-bond donors (Lipinski definition) is 1. The van der Waals surface area contributed by atoms with Gasteiger partial charge in [-0.25, -0.2) is 18.5 Å². The number of piperidine rings is 1. The lowest BCUT2D eigenvalue weighted by molar-refractivity contribution is -0.120. The van der Waals surface area contributed by atoms with Crippen LogP contribution in [0.5, 0.6) is 0 Å². The van der Waals surface area contributed by atoms with Crippen LogP contribution >= 0.6 is 11.3 Å². The van der Waals surface area contributed by atoms with Crippen LogP contribution in [0.15, 0.2) is 11.6 Å². The Labute approximate surface area is 128 Å². The molecule has 9 heteroatoms. The summed E-state index contributed by atoms with van der Waals surface area (Å²) < 4.78 is 22.6. The lowest BCUT2D eigenvalue weighted by atomic mass is 10.0. The molecule has 2 heterocycles. The van der Waals surface area contributed by atoms with E-state index in [0.29, 0.717) is 5.13 Å². The Kier molecular flexibility index (Phi) is 5.31. The number of carbonyl (C=O) groups excluding carboxylic acids is 1. The molecular weight excluding hydrogens is 312 g/mol. The number of sulfonamides is 1. The van der Waals surface area contributed by atoms with Crippen molar-refractivity contribution in [3.05, 3.63) is 11.6 Å². The second-order valence-corrected chi connectivity index (χ2v) is 7.75. The molecule has 0 bridgehead atoms. The van der Waals surface area contributed by atoms with Gasteiger partial charge in [0.25, 0.3) is 0 Å². The molecular formula is C12H20N4O3S2. The minimum absolute atomic E-state index is 0.0914. The minimum atomic E-state index is -3.53. The van der Waals surface area contributed by atoms with Gasteiger partial charge in [0, 0.05) is 24.7 Å². The van der Waals surface area contributed by atoms with E-state index in [1.165, 1.54) is 16.2 Å². The van der Waals surface area contributed by atoms with Gasteiger partial charge in [-0.1, -0.05) is 6.42 Å². The van der Waals surface area contributed by atoms with Gasteiger partial charge >= 0.3 is 0 Å². The predicted molar refractivity (Wildman–Crippen MR) is 82.7 cm³/mol. The number of likely N-dealkylation sites (N-methyl/N-ethyl adjacent to an activating group) is 1. The fraction of sp³-hybridized carbons (Fsp3) is 0.667. The topological polar surface area (TPSA) is 96.6 Å². The van der Waals surface area contributed by atoms with E-state index in [1.807, 2.05) is 10.3 Å². The Hall–Kier alpha value is -1.03. The van der Waals surface area contributed by atoms with E-state index in [4.69, 9.17) is 5.14 Å². The summed E-state index contributed by atoms with van der Waals surface area (Å²) in [6, 6.07) is -0.178. The number of amides is 1. The molecule has 1 aromatic heterocycles. The molecule has 0 saturated carbocycles. The van der Waals surface area contributed by atoms with E-state index in [0.717, 1.165) is 25.8 Å². The van der Waals surface area contributed by atoms with Crippen molar-refractivity contribution < 1.29 is 13.2 Å². The van der Waals surface area contributed by atoms with Gasteiger partial charge in [0.15, 0.2) is 5.13 Å². The van der Waals surface area contributed by atoms with Crippen molar-refractivity contribution in [1.82, 2.24) is 9.88 Å². The summed E-state index contributed by atoms with van der Waals surface area (Å²) in [5.74, 6) is -0.187. The number of carbonyl (C=O) groups is 1. The van der Waals surface area contributed by atoms with Crippen LogP contribution < -0.4 is 10.0 Å². The van der Waals surface area contributed by atoms with E-state index in [9.17, 15) is 13.2 Å². The molecule has 1 aliphatic heterocycles. The summed E-state index contributed by atoms with van der Waals surface area (Å²) in [6.07, 6.45) is 4.34. The van der Waals surface area contributed by atoms with Crippen LogP contribution in [-0.2, 0) is 14.8 Å². The summed E-state index contributed by atoms with van der Waals surface area (Å²) in [4.78, 5) is 19.8. The number of likely N-dealkylation sites (tertiary alicyclic amines) is 1. The minimum Gasteiger partial charge on any atom is -0.290 e. The number of nitrogens with two attached hydrogens (primary N) is 1. The molecule has 1 atom stereocenters. The number of primary sulfonamides is 1. The fourth-order valence-electron chi connectivity index (χ4n) is 2.49. The van der Waals surface area contributed by atoms with Crippen molar-refractivity contribution in [1.29, 1.82) is 0 Å². The average molecular weight is 332 g/mol. The lowest BCUT2D eigenvalue weighted by Crippen LogP contribution is -2.49. The van der Waals surface area contributed by atoms with Crippen molar-refractivity contribution in [2.75, 3.05) is 30.8 Å². The third-order valence-electron chi connectivity index (χ3n) is 3.59. The second kappa shape index (κ2) is 6.82. The zero-order valence-electron chi connectivity index (χ0n) is 11.9. The number of rotatable bonds is 5. The number of anilines is 1. The third kappa shape index (κ3) is 4.73. The van der Waals surface area contributed by atoms with Crippen LogP contribution in [0.2, 0.25) is 0 Å². The molecule has 1 unspecified atom stereocenters. The Balaban J connectivity index is 2.00. The van der Waals surface area contributed by atoms with E-state index >= 15 is 0 Å². The molecule has 1 amide bonds. The van der Waals surface area contributed by atoms with E-state index in [1.54, 1.807) is 13.2 Å². The molecule has 2 N–H and O–H groups in total. The van der Waals surface area contributed by atoms with Crippen molar-refractivity contribution in [3.63, 3.8) is 0 Å². The second-order valence-electron chi connectivity index (χ2n) is 5.22. The molecule has 1 saturated heterocycles. The molecule has 0 radical (unpaired) electrons. The molecule has 1 aromatic rings. The third-order valence-corrected chi connectivity index (χ3v) is 5.29. The van der Waals surface area contributed by atoms with Gasteiger partial charge in [-0.2, -0.15) is 0 Å². The quantitative estimate of drug-likeness (QED) is 0.833. The normalized spacial score (nSPS) is 20.4. The SMILES string of the molecule is CN(C(=O)CN1CCCCC1CS(N)(=O)=O)c1nccs1. The zero-order valence-corrected chi connectivity index (χ0v) is 13.6. The van der Waals surface area contributed by atoms with Gasteiger partial charge in [0.2, 0.25) is 15.9 Å². The summed E-state index contributed by atoms with van der Waals surface area (Å²) in [5.41, 5.74) is 0. The standard InChI is InChI=1S/C12H20N4O3S2/c1-15(12-14-5-7-20-12)11(17)8-16-6-3-2-4-10(16)9-21(13,18)19/h5,7,10H,2-4,6,8-9H2,1H3,(H2,13,18,19). The summed E-state index contributed by atoms with van der Waals surface area (Å²) >= 11 is 1.39. The van der Waals surface area contributed by atoms with E-state index in [2.05, 4.69) is 4.98 Å². The van der Waals surface area contributed by atoms with Crippen molar-refractivity contribution in [2.24, 2.45) is 5.14 Å². The molecule has 0 aromatic carbocycles. The van der Waals surface area contributed by atoms with E-state index < -0.39 is 10.0 Å². The Bertz CT molecular complexity index is 573. The zero-order chi connectivity index (χ0) is 15.5. The Morgan fingerprint density at radius 1 is 1.57 bits per heavy atom. The number of thiazole rings is 1. The monoisotopic (exact) mass is 332 g/mol. The van der Waals surface area contributed by atoms with Crippen molar-refractivity contribution in [2.45, 2.75) is 25.3 Å². The highest BCUT2D eigenvalue weighted by Gasteiger charge is 2.28. The summed E-state index contributed by atoms with van der Waals surface area (Å²) in [7, 11) is -1.85. The number of nitrogens with zero attached hydrogens (tertiary/aromatic N) is 3. The first-order valence-corrected chi connectivity index (χ1v) is 9.37. The van der Waals surface area contributed by atoms with Crippen molar-refractivity contribution in [3.8, 4) is 0 Å². The maximum Gasteiger partial charge on any atom is 0.242 e. The van der Waals surface area contributed by atoms with Gasteiger partial charge in [0.05, 0.1) is 12.3 Å². The molecule has 0 aliphatic carbocycles. The molecule has 2 rings (SSSR count). The van der Waals surface area contributed by atoms with Crippen LogP contribution in [0, 0.1) is 0 Å². The van der Waals surface area contributed by atoms with E-state index in [-0.39, 0.29) is 24.2 Å². The number of aromatic nitrogens is 1. The fourth-order valence-corrected chi connectivity index (χ4v) is 4.03. The van der Waals surface area contributed by atoms with Crippen LogP contribution in [0.4, 0.5) is 5.13 Å². The van der Waals surface area contributed by atoms with Crippen LogP contribution in [-0.4, -0.2) is 56.1 Å². The maximum atomic E-state index is 12.3. The molecule has 0 spiro atoms. The predicted octanol–water partition coefficient (Wildman–Crippen LogP) is 0.249. The first-order chi connectivity index (χ1) is 9.87. The highest BCUT2D eigenvalue weighted by Crippen LogP contribution is 2.20. The molecule has 1 fully saturated rings. The van der Waals surface area contributed by atoms with Gasteiger partial charge in [0.1, 0.15) is 0 Å². The smallest absolute Gasteiger partial charge is 0.242 e. The van der Waals surface area contributed by atoms with Gasteiger partial charge in [-0.3, -0.25) is 14.6 Å². The highest BCUT2D eigenvalue weighted by molar-refractivity contribution is 7.89. The van der Waals surface area contributed by atoms with Crippen LogP contribution in [0.25, 0.3) is 0 Å². The lowest BCUT2D eigenvalue weighted by Gasteiger charge is -2.35. The van der Waals surface area contributed by atoms with Gasteiger partial charge in [-0.05, 0) is 19.4 Å². The Morgan fingerprint density at radius 3 is 2.95 bits per heavy atom. The van der Waals surface area contributed by atoms with Crippen LogP contribution in [0.3, 0.4) is 0 Å². The Morgan fingerprint density at radius 2 is 2.33 bits per heavy atom. The van der Waals surface area contributed by atoms with Gasteiger partial charge in [-0.15, -0.1) is 11.3 Å². The van der Waals surface area contributed by atoms with Gasteiger partial charge < -0.3 is 0 Å². The molecule has 1 aliphatic rings. The summed E-state index contributed by atoms with van der Waals surface area (Å²) in [5, 5.41) is 7.59. The largest absolute Gasteiger partial charge is 0.290 e. The number of hydrogen-bond acceptors (Lipinski definition) is 6.